The predicted molar refractivity (Wildman–Crippen MR) is 92.3 cm³/mol. The molecular formula is C17H24Cl2N2O. The van der Waals surface area contributed by atoms with Gasteiger partial charge in [-0.15, -0.1) is 12.4 Å². The van der Waals surface area contributed by atoms with Gasteiger partial charge >= 0.3 is 0 Å². The molecule has 1 aromatic carbocycles. The van der Waals surface area contributed by atoms with E-state index in [-0.39, 0.29) is 30.4 Å². The number of carbonyl (C=O) groups is 1. The van der Waals surface area contributed by atoms with Gasteiger partial charge in [0.1, 0.15) is 0 Å². The summed E-state index contributed by atoms with van der Waals surface area (Å²) in [6.07, 6.45) is 5.01. The van der Waals surface area contributed by atoms with Gasteiger partial charge in [-0.05, 0) is 56.7 Å². The van der Waals surface area contributed by atoms with Gasteiger partial charge in [-0.25, -0.2) is 0 Å². The van der Waals surface area contributed by atoms with Gasteiger partial charge in [0, 0.05) is 23.0 Å². The van der Waals surface area contributed by atoms with Gasteiger partial charge in [0.05, 0.1) is 6.04 Å². The summed E-state index contributed by atoms with van der Waals surface area (Å²) in [5, 5.41) is 0.733. The average Bonchev–Trinajstić information content (AvgIpc) is 3.20. The summed E-state index contributed by atoms with van der Waals surface area (Å²) >= 11 is 5.96. The molecule has 2 aliphatic rings. The quantitative estimate of drug-likeness (QED) is 0.900. The highest BCUT2D eigenvalue weighted by Gasteiger charge is 2.40. The van der Waals surface area contributed by atoms with E-state index in [1.807, 2.05) is 24.3 Å². The molecule has 22 heavy (non-hydrogen) atoms. The number of benzene rings is 1. The van der Waals surface area contributed by atoms with E-state index in [1.54, 1.807) is 0 Å². The predicted octanol–water partition coefficient (Wildman–Crippen LogP) is 3.94. The first-order chi connectivity index (χ1) is 10.1. The van der Waals surface area contributed by atoms with E-state index < -0.39 is 0 Å². The van der Waals surface area contributed by atoms with Gasteiger partial charge in [0.2, 0.25) is 5.91 Å². The van der Waals surface area contributed by atoms with Crippen molar-refractivity contribution in [3.8, 4) is 0 Å². The topological polar surface area (TPSA) is 46.3 Å². The second-order valence-corrected chi connectivity index (χ2v) is 6.91. The van der Waals surface area contributed by atoms with Gasteiger partial charge in [0.15, 0.2) is 0 Å². The van der Waals surface area contributed by atoms with Crippen LogP contribution in [0.5, 0.6) is 0 Å². The standard InChI is InChI=1S/C17H23ClN2O.ClH/c1-11(12-2-5-14(18)6-3-12)20(16-8-9-16)17(21)13-4-7-15(19)10-13;/h2-3,5-6,11,13,15-16H,4,7-10,19H2,1H3;1H. The number of amides is 1. The van der Waals surface area contributed by atoms with E-state index in [1.165, 1.54) is 0 Å². The third-order valence-electron chi connectivity index (χ3n) is 4.79. The van der Waals surface area contributed by atoms with Crippen LogP contribution in [-0.4, -0.2) is 22.9 Å². The Balaban J connectivity index is 0.00000176. The number of nitrogens with zero attached hydrogens (tertiary/aromatic N) is 1. The third kappa shape index (κ3) is 3.76. The molecular weight excluding hydrogens is 319 g/mol. The second kappa shape index (κ2) is 7.20. The largest absolute Gasteiger partial charge is 0.333 e. The monoisotopic (exact) mass is 342 g/mol. The highest BCUT2D eigenvalue weighted by Crippen LogP contribution is 2.38. The van der Waals surface area contributed by atoms with Crippen molar-refractivity contribution in [1.29, 1.82) is 0 Å². The van der Waals surface area contributed by atoms with Crippen LogP contribution < -0.4 is 5.73 Å². The maximum Gasteiger partial charge on any atom is 0.226 e. The minimum atomic E-state index is 0. The van der Waals surface area contributed by atoms with Crippen molar-refractivity contribution >= 4 is 29.9 Å². The Morgan fingerprint density at radius 3 is 2.36 bits per heavy atom. The lowest BCUT2D eigenvalue weighted by Gasteiger charge is -2.32. The van der Waals surface area contributed by atoms with Gasteiger partial charge in [0.25, 0.3) is 0 Å². The molecule has 3 atom stereocenters. The molecule has 0 radical (unpaired) electrons. The number of carbonyl (C=O) groups excluding carboxylic acids is 1. The van der Waals surface area contributed by atoms with Crippen LogP contribution in [0.25, 0.3) is 0 Å². The number of halogens is 2. The summed E-state index contributed by atoms with van der Waals surface area (Å²) in [7, 11) is 0. The van der Waals surface area contributed by atoms with Crippen molar-refractivity contribution in [2.24, 2.45) is 11.7 Å². The zero-order chi connectivity index (χ0) is 15.0. The lowest BCUT2D eigenvalue weighted by molar-refractivity contribution is -0.138. The van der Waals surface area contributed by atoms with Crippen LogP contribution in [0.2, 0.25) is 5.02 Å². The first-order valence-corrected chi connectivity index (χ1v) is 8.27. The number of hydrogen-bond acceptors (Lipinski definition) is 2. The van der Waals surface area contributed by atoms with Crippen LogP contribution in [0.4, 0.5) is 0 Å². The van der Waals surface area contributed by atoms with Crippen molar-refractivity contribution in [2.45, 2.75) is 57.2 Å². The molecule has 1 aromatic rings. The van der Waals surface area contributed by atoms with Gasteiger partial charge in [-0.2, -0.15) is 0 Å². The van der Waals surface area contributed by atoms with Crippen LogP contribution in [0.1, 0.15) is 50.6 Å². The summed E-state index contributed by atoms with van der Waals surface area (Å²) < 4.78 is 0. The zero-order valence-electron chi connectivity index (χ0n) is 12.9. The molecule has 0 bridgehead atoms. The molecule has 2 aliphatic carbocycles. The van der Waals surface area contributed by atoms with Gasteiger partial charge in [-0.1, -0.05) is 23.7 Å². The maximum atomic E-state index is 12.9. The zero-order valence-corrected chi connectivity index (χ0v) is 14.4. The minimum absolute atomic E-state index is 0. The molecule has 3 unspecified atom stereocenters. The van der Waals surface area contributed by atoms with Crippen LogP contribution in [-0.2, 0) is 4.79 Å². The van der Waals surface area contributed by atoms with Crippen LogP contribution in [0, 0.1) is 5.92 Å². The molecule has 0 aliphatic heterocycles. The van der Waals surface area contributed by atoms with Crippen LogP contribution in [0.15, 0.2) is 24.3 Å². The number of nitrogens with two attached hydrogens (primary N) is 1. The Bertz CT molecular complexity index is 516. The SMILES string of the molecule is CC(c1ccc(Cl)cc1)N(C(=O)C1CCC(N)C1)C1CC1.Cl. The molecule has 122 valence electrons. The first-order valence-electron chi connectivity index (χ1n) is 7.89. The lowest BCUT2D eigenvalue weighted by atomic mass is 10.0. The summed E-state index contributed by atoms with van der Waals surface area (Å²) in [6, 6.07) is 8.57. The number of rotatable bonds is 4. The van der Waals surface area contributed by atoms with E-state index >= 15 is 0 Å². The fourth-order valence-corrected chi connectivity index (χ4v) is 3.52. The van der Waals surface area contributed by atoms with Crippen molar-refractivity contribution in [2.75, 3.05) is 0 Å². The van der Waals surface area contributed by atoms with E-state index in [4.69, 9.17) is 17.3 Å². The average molecular weight is 343 g/mol. The Labute approximate surface area is 143 Å². The molecule has 0 saturated heterocycles. The molecule has 3 nitrogen and oxygen atoms in total. The van der Waals surface area contributed by atoms with Gasteiger partial charge < -0.3 is 10.6 Å². The summed E-state index contributed by atoms with van der Waals surface area (Å²) in [6.45, 7) is 2.12. The first kappa shape index (κ1) is 17.6. The van der Waals surface area contributed by atoms with Crippen molar-refractivity contribution < 1.29 is 4.79 Å². The molecule has 1 amide bonds. The van der Waals surface area contributed by atoms with E-state index in [9.17, 15) is 4.79 Å². The molecule has 2 N–H and O–H groups in total. The Morgan fingerprint density at radius 2 is 1.86 bits per heavy atom. The molecule has 5 heteroatoms. The Kier molecular flexibility index (Phi) is 5.76. The summed E-state index contributed by atoms with van der Waals surface area (Å²) in [5.74, 6) is 0.420. The summed E-state index contributed by atoms with van der Waals surface area (Å²) in [5.41, 5.74) is 7.13. The number of hydrogen-bond donors (Lipinski definition) is 1. The maximum absolute atomic E-state index is 12.9. The fourth-order valence-electron chi connectivity index (χ4n) is 3.39. The third-order valence-corrected chi connectivity index (χ3v) is 5.04. The van der Waals surface area contributed by atoms with E-state index in [0.29, 0.717) is 11.9 Å². The normalized spacial score (nSPS) is 25.4. The highest BCUT2D eigenvalue weighted by molar-refractivity contribution is 6.30. The van der Waals surface area contributed by atoms with E-state index in [0.717, 1.165) is 42.7 Å². The van der Waals surface area contributed by atoms with E-state index in [2.05, 4.69) is 11.8 Å². The molecule has 2 saturated carbocycles. The van der Waals surface area contributed by atoms with Gasteiger partial charge in [-0.3, -0.25) is 4.79 Å². The fraction of sp³-hybridized carbons (Fsp3) is 0.588. The van der Waals surface area contributed by atoms with Crippen LogP contribution >= 0.6 is 24.0 Å². The van der Waals surface area contributed by atoms with Crippen LogP contribution in [0.3, 0.4) is 0 Å². The lowest BCUT2D eigenvalue weighted by Crippen LogP contribution is -2.39. The molecule has 3 rings (SSSR count). The Morgan fingerprint density at radius 1 is 1.23 bits per heavy atom. The van der Waals surface area contributed by atoms with Crippen molar-refractivity contribution in [3.05, 3.63) is 34.9 Å². The molecule has 0 heterocycles. The second-order valence-electron chi connectivity index (χ2n) is 6.47. The minimum Gasteiger partial charge on any atom is -0.333 e. The van der Waals surface area contributed by atoms with Crippen molar-refractivity contribution in [1.82, 2.24) is 4.90 Å². The molecule has 0 spiro atoms. The molecule has 2 fully saturated rings. The highest BCUT2D eigenvalue weighted by atomic mass is 35.5. The van der Waals surface area contributed by atoms with Crippen molar-refractivity contribution in [3.63, 3.8) is 0 Å². The Hall–Kier alpha value is -0.770. The molecule has 0 aromatic heterocycles. The smallest absolute Gasteiger partial charge is 0.226 e. The summed E-state index contributed by atoms with van der Waals surface area (Å²) in [4.78, 5) is 15.0.